The number of rotatable bonds is 4. The Morgan fingerprint density at radius 1 is 1.31 bits per heavy atom. The fourth-order valence-electron chi connectivity index (χ4n) is 1.55. The molecular formula is C12H13ClN2S. The van der Waals surface area contributed by atoms with Gasteiger partial charge in [-0.05, 0) is 24.6 Å². The lowest BCUT2D eigenvalue weighted by molar-refractivity contribution is 0.321. The molecular weight excluding hydrogens is 240 g/mol. The summed E-state index contributed by atoms with van der Waals surface area (Å²) in [7, 11) is 2.09. The van der Waals surface area contributed by atoms with Gasteiger partial charge in [0, 0.05) is 29.7 Å². The summed E-state index contributed by atoms with van der Waals surface area (Å²) < 4.78 is 0. The first kappa shape index (κ1) is 11.6. The van der Waals surface area contributed by atoms with Gasteiger partial charge in [-0.2, -0.15) is 0 Å². The first-order valence-electron chi connectivity index (χ1n) is 5.06. The Balaban J connectivity index is 1.97. The Hall–Kier alpha value is -0.900. The van der Waals surface area contributed by atoms with Crippen LogP contribution in [0.4, 0.5) is 0 Å². The Morgan fingerprint density at radius 3 is 2.88 bits per heavy atom. The smallest absolute Gasteiger partial charge is 0.133 e. The molecule has 0 saturated heterocycles. The molecule has 0 aromatic carbocycles. The predicted molar refractivity (Wildman–Crippen MR) is 68.7 cm³/mol. The van der Waals surface area contributed by atoms with Crippen molar-refractivity contribution in [1.29, 1.82) is 0 Å². The number of aromatic nitrogens is 1. The number of hydrogen-bond acceptors (Lipinski definition) is 3. The van der Waals surface area contributed by atoms with E-state index in [4.69, 9.17) is 11.6 Å². The SMILES string of the molecule is CN(Cc1cccs1)Cc1cccnc1Cl. The second-order valence-corrected chi connectivity index (χ2v) is 5.10. The first-order valence-corrected chi connectivity index (χ1v) is 6.32. The van der Waals surface area contributed by atoms with Crippen LogP contribution in [0.3, 0.4) is 0 Å². The highest BCUT2D eigenvalue weighted by atomic mass is 35.5. The summed E-state index contributed by atoms with van der Waals surface area (Å²) in [5.74, 6) is 0. The molecule has 2 aromatic heterocycles. The zero-order valence-electron chi connectivity index (χ0n) is 9.06. The number of halogens is 1. The molecule has 0 radical (unpaired) electrons. The van der Waals surface area contributed by atoms with Gasteiger partial charge in [0.1, 0.15) is 5.15 Å². The van der Waals surface area contributed by atoms with Gasteiger partial charge in [0.15, 0.2) is 0 Å². The molecule has 2 aromatic rings. The maximum atomic E-state index is 6.02. The summed E-state index contributed by atoms with van der Waals surface area (Å²) in [6, 6.07) is 8.15. The van der Waals surface area contributed by atoms with E-state index in [9.17, 15) is 0 Å². The van der Waals surface area contributed by atoms with Crippen molar-refractivity contribution in [2.24, 2.45) is 0 Å². The predicted octanol–water partition coefficient (Wildman–Crippen LogP) is 3.43. The van der Waals surface area contributed by atoms with E-state index in [1.165, 1.54) is 4.88 Å². The van der Waals surface area contributed by atoms with E-state index in [1.54, 1.807) is 17.5 Å². The van der Waals surface area contributed by atoms with Crippen LogP contribution in [0.1, 0.15) is 10.4 Å². The maximum absolute atomic E-state index is 6.02. The molecule has 0 spiro atoms. The fraction of sp³-hybridized carbons (Fsp3) is 0.250. The van der Waals surface area contributed by atoms with Gasteiger partial charge in [-0.1, -0.05) is 23.7 Å². The normalized spacial score (nSPS) is 10.9. The highest BCUT2D eigenvalue weighted by Gasteiger charge is 2.05. The second-order valence-electron chi connectivity index (χ2n) is 3.70. The lowest BCUT2D eigenvalue weighted by atomic mass is 10.2. The Labute approximate surface area is 105 Å². The molecule has 0 aliphatic carbocycles. The molecule has 0 unspecified atom stereocenters. The average Bonchev–Trinajstić information content (AvgIpc) is 2.74. The van der Waals surface area contributed by atoms with E-state index in [0.717, 1.165) is 18.7 Å². The Kier molecular flexibility index (Phi) is 3.93. The molecule has 0 bridgehead atoms. The molecule has 0 aliphatic heterocycles. The van der Waals surface area contributed by atoms with Crippen LogP contribution in [0.5, 0.6) is 0 Å². The summed E-state index contributed by atoms with van der Waals surface area (Å²) in [5, 5.41) is 2.70. The number of pyridine rings is 1. The molecule has 0 atom stereocenters. The second kappa shape index (κ2) is 5.43. The van der Waals surface area contributed by atoms with Crippen molar-refractivity contribution in [2.45, 2.75) is 13.1 Å². The topological polar surface area (TPSA) is 16.1 Å². The van der Waals surface area contributed by atoms with Gasteiger partial charge in [-0.25, -0.2) is 4.98 Å². The van der Waals surface area contributed by atoms with Crippen LogP contribution >= 0.6 is 22.9 Å². The standard InChI is InChI=1S/C12H13ClN2S/c1-15(9-11-5-3-7-16-11)8-10-4-2-6-14-12(10)13/h2-7H,8-9H2,1H3. The maximum Gasteiger partial charge on any atom is 0.133 e. The molecule has 2 rings (SSSR count). The van der Waals surface area contributed by atoms with Crippen molar-refractivity contribution < 1.29 is 0 Å². The van der Waals surface area contributed by atoms with Crippen molar-refractivity contribution in [3.8, 4) is 0 Å². The highest BCUT2D eigenvalue weighted by molar-refractivity contribution is 7.09. The van der Waals surface area contributed by atoms with Crippen molar-refractivity contribution in [1.82, 2.24) is 9.88 Å². The molecule has 2 heterocycles. The van der Waals surface area contributed by atoms with E-state index in [1.807, 2.05) is 12.1 Å². The molecule has 0 saturated carbocycles. The minimum atomic E-state index is 0.598. The van der Waals surface area contributed by atoms with Crippen LogP contribution in [-0.2, 0) is 13.1 Å². The molecule has 2 nitrogen and oxygen atoms in total. The molecule has 0 N–H and O–H groups in total. The number of hydrogen-bond donors (Lipinski definition) is 0. The van der Waals surface area contributed by atoms with E-state index >= 15 is 0 Å². The summed E-state index contributed by atoms with van der Waals surface area (Å²) in [5.41, 5.74) is 1.07. The molecule has 4 heteroatoms. The van der Waals surface area contributed by atoms with Crippen LogP contribution in [0.25, 0.3) is 0 Å². The van der Waals surface area contributed by atoms with Crippen LogP contribution < -0.4 is 0 Å². The summed E-state index contributed by atoms with van der Waals surface area (Å²) in [6.07, 6.45) is 1.71. The summed E-state index contributed by atoms with van der Waals surface area (Å²) >= 11 is 7.79. The monoisotopic (exact) mass is 252 g/mol. The van der Waals surface area contributed by atoms with Crippen LogP contribution in [0.15, 0.2) is 35.8 Å². The van der Waals surface area contributed by atoms with Crippen molar-refractivity contribution >= 4 is 22.9 Å². The van der Waals surface area contributed by atoms with Gasteiger partial charge >= 0.3 is 0 Å². The van der Waals surface area contributed by atoms with E-state index in [2.05, 4.69) is 34.4 Å². The van der Waals surface area contributed by atoms with Crippen molar-refractivity contribution in [2.75, 3.05) is 7.05 Å². The zero-order chi connectivity index (χ0) is 11.4. The third kappa shape index (κ3) is 3.04. The van der Waals surface area contributed by atoms with Crippen molar-refractivity contribution in [3.05, 3.63) is 51.4 Å². The number of nitrogens with zero attached hydrogens (tertiary/aromatic N) is 2. The molecule has 0 aliphatic rings. The lowest BCUT2D eigenvalue weighted by Crippen LogP contribution is -2.16. The van der Waals surface area contributed by atoms with Crippen LogP contribution in [0.2, 0.25) is 5.15 Å². The van der Waals surface area contributed by atoms with Gasteiger partial charge in [0.2, 0.25) is 0 Å². The quantitative estimate of drug-likeness (QED) is 0.775. The van der Waals surface area contributed by atoms with Crippen LogP contribution in [0, 0.1) is 0 Å². The third-order valence-corrected chi connectivity index (χ3v) is 3.48. The molecule has 0 fully saturated rings. The largest absolute Gasteiger partial charge is 0.297 e. The zero-order valence-corrected chi connectivity index (χ0v) is 10.6. The fourth-order valence-corrected chi connectivity index (χ4v) is 2.52. The molecule has 16 heavy (non-hydrogen) atoms. The third-order valence-electron chi connectivity index (χ3n) is 2.28. The van der Waals surface area contributed by atoms with Gasteiger partial charge < -0.3 is 0 Å². The summed E-state index contributed by atoms with van der Waals surface area (Å²) in [6.45, 7) is 1.77. The molecule has 0 amide bonds. The van der Waals surface area contributed by atoms with Gasteiger partial charge in [0.25, 0.3) is 0 Å². The van der Waals surface area contributed by atoms with Gasteiger partial charge in [-0.3, -0.25) is 4.90 Å². The highest BCUT2D eigenvalue weighted by Crippen LogP contribution is 2.16. The van der Waals surface area contributed by atoms with Crippen molar-refractivity contribution in [3.63, 3.8) is 0 Å². The van der Waals surface area contributed by atoms with Gasteiger partial charge in [-0.15, -0.1) is 11.3 Å². The lowest BCUT2D eigenvalue weighted by Gasteiger charge is -2.15. The minimum Gasteiger partial charge on any atom is -0.297 e. The first-order chi connectivity index (χ1) is 7.75. The Morgan fingerprint density at radius 2 is 2.19 bits per heavy atom. The number of thiophene rings is 1. The van der Waals surface area contributed by atoms with E-state index < -0.39 is 0 Å². The van der Waals surface area contributed by atoms with Gasteiger partial charge in [0.05, 0.1) is 0 Å². The summed E-state index contributed by atoms with van der Waals surface area (Å²) in [4.78, 5) is 7.66. The Bertz CT molecular complexity index is 442. The van der Waals surface area contributed by atoms with Crippen LogP contribution in [-0.4, -0.2) is 16.9 Å². The molecule has 84 valence electrons. The van der Waals surface area contributed by atoms with E-state index in [0.29, 0.717) is 5.15 Å². The minimum absolute atomic E-state index is 0.598. The van der Waals surface area contributed by atoms with E-state index in [-0.39, 0.29) is 0 Å². The average molecular weight is 253 g/mol.